The van der Waals surface area contributed by atoms with Crippen molar-refractivity contribution in [1.82, 2.24) is 19.7 Å². The van der Waals surface area contributed by atoms with E-state index in [1.54, 1.807) is 0 Å². The number of nitrogen functional groups attached to an aromatic ring is 1. The molecule has 3 heterocycles. The summed E-state index contributed by atoms with van der Waals surface area (Å²) in [5.41, 5.74) is 10.6. The lowest BCUT2D eigenvalue weighted by molar-refractivity contribution is 0.165. The molecule has 0 aromatic carbocycles. The maximum atomic E-state index is 10.8. The Bertz CT molecular complexity index is 983. The van der Waals surface area contributed by atoms with Crippen LogP contribution in [0.2, 0.25) is 0 Å². The fraction of sp³-hybridized carbons (Fsp3) is 0.500. The number of fused-ring (bicyclic) bond motifs is 5. The molecule has 0 radical (unpaired) electrons. The highest BCUT2D eigenvalue weighted by atomic mass is 16.5. The molecule has 0 spiro atoms. The zero-order chi connectivity index (χ0) is 17.3. The largest absolute Gasteiger partial charge is 0.388 e. The van der Waals surface area contributed by atoms with Crippen molar-refractivity contribution in [2.75, 3.05) is 5.73 Å². The molecule has 0 bridgehead atoms. The fourth-order valence-corrected chi connectivity index (χ4v) is 4.13. The molecule has 130 valence electrons. The Balaban J connectivity index is 1.90. The molecule has 3 aromatic heterocycles. The number of rotatable bonds is 2. The lowest BCUT2D eigenvalue weighted by atomic mass is 10.0. The van der Waals surface area contributed by atoms with Crippen molar-refractivity contribution in [1.29, 1.82) is 0 Å². The van der Waals surface area contributed by atoms with Crippen LogP contribution in [0.4, 0.5) is 5.82 Å². The fourth-order valence-electron chi connectivity index (χ4n) is 4.13. The number of aliphatic hydroxyl groups is 1. The summed E-state index contributed by atoms with van der Waals surface area (Å²) in [6.45, 7) is 4.25. The summed E-state index contributed by atoms with van der Waals surface area (Å²) in [7, 11) is 0. The smallest absolute Gasteiger partial charge is 0.146 e. The average Bonchev–Trinajstić information content (AvgIpc) is 3.26. The minimum absolute atomic E-state index is 0.217. The summed E-state index contributed by atoms with van der Waals surface area (Å²) >= 11 is 0. The second-order valence-electron chi connectivity index (χ2n) is 7.38. The Morgan fingerprint density at radius 3 is 2.80 bits per heavy atom. The normalized spacial score (nSPS) is 19.9. The Kier molecular flexibility index (Phi) is 3.01. The number of aliphatic hydroxyl groups excluding tert-OH is 1. The summed E-state index contributed by atoms with van der Waals surface area (Å²) in [5.74, 6) is 1.68. The van der Waals surface area contributed by atoms with Gasteiger partial charge in [0, 0.05) is 23.2 Å². The number of aromatic nitrogens is 4. The molecular weight excluding hydrogens is 318 g/mol. The van der Waals surface area contributed by atoms with E-state index in [2.05, 4.69) is 33.5 Å². The van der Waals surface area contributed by atoms with Crippen LogP contribution in [-0.4, -0.2) is 24.8 Å². The third-order valence-corrected chi connectivity index (χ3v) is 5.36. The van der Waals surface area contributed by atoms with Crippen molar-refractivity contribution < 1.29 is 9.63 Å². The quantitative estimate of drug-likeness (QED) is 0.743. The van der Waals surface area contributed by atoms with E-state index in [-0.39, 0.29) is 6.04 Å². The van der Waals surface area contributed by atoms with Gasteiger partial charge in [-0.25, -0.2) is 9.97 Å². The van der Waals surface area contributed by atoms with Gasteiger partial charge in [0.2, 0.25) is 0 Å². The molecular formula is C18H21N5O2. The van der Waals surface area contributed by atoms with Crippen LogP contribution in [0.3, 0.4) is 0 Å². The molecule has 5 rings (SSSR count). The minimum Gasteiger partial charge on any atom is -0.388 e. The summed E-state index contributed by atoms with van der Waals surface area (Å²) in [6.07, 6.45) is 4.51. The van der Waals surface area contributed by atoms with Crippen molar-refractivity contribution in [3.63, 3.8) is 0 Å². The molecule has 1 atom stereocenters. The van der Waals surface area contributed by atoms with Crippen LogP contribution in [0.25, 0.3) is 22.3 Å². The van der Waals surface area contributed by atoms with Gasteiger partial charge in [-0.05, 0) is 39.5 Å². The van der Waals surface area contributed by atoms with Gasteiger partial charge in [-0.15, -0.1) is 0 Å². The molecule has 7 nitrogen and oxygen atoms in total. The van der Waals surface area contributed by atoms with Crippen LogP contribution in [0.15, 0.2) is 10.9 Å². The Hall–Kier alpha value is -2.41. The molecule has 1 saturated carbocycles. The van der Waals surface area contributed by atoms with E-state index in [9.17, 15) is 5.11 Å². The van der Waals surface area contributed by atoms with Crippen molar-refractivity contribution in [2.45, 2.75) is 57.6 Å². The van der Waals surface area contributed by atoms with Gasteiger partial charge in [0.05, 0.1) is 17.1 Å². The minimum atomic E-state index is -0.564. The van der Waals surface area contributed by atoms with Gasteiger partial charge >= 0.3 is 0 Å². The second-order valence-corrected chi connectivity index (χ2v) is 7.38. The first-order chi connectivity index (χ1) is 12.1. The third kappa shape index (κ3) is 1.99. The van der Waals surface area contributed by atoms with Crippen LogP contribution in [0.5, 0.6) is 0 Å². The number of anilines is 1. The molecule has 0 amide bonds. The van der Waals surface area contributed by atoms with Gasteiger partial charge in [0.1, 0.15) is 29.2 Å². The van der Waals surface area contributed by atoms with Gasteiger partial charge in [-0.1, -0.05) is 5.16 Å². The molecule has 1 unspecified atom stereocenters. The van der Waals surface area contributed by atoms with Gasteiger partial charge in [0.25, 0.3) is 0 Å². The van der Waals surface area contributed by atoms with E-state index in [1.165, 1.54) is 6.33 Å². The van der Waals surface area contributed by atoms with Gasteiger partial charge in [-0.3, -0.25) is 0 Å². The van der Waals surface area contributed by atoms with Crippen molar-refractivity contribution in [3.8, 4) is 11.3 Å². The standard InChI is InChI=1S/C18H21N5O2/c1-8(2)23-10-5-6-11(24)13-15(22-25-16(13)9-3-4-9)12(10)14-17(19)20-7-21-18(14)23/h7-9,11,24H,3-6H2,1-2H3,(H2,19,20,21). The van der Waals surface area contributed by atoms with Crippen LogP contribution >= 0.6 is 0 Å². The predicted octanol–water partition coefficient (Wildman–Crippen LogP) is 3.11. The summed E-state index contributed by atoms with van der Waals surface area (Å²) in [5, 5.41) is 16.0. The second kappa shape index (κ2) is 5.05. The third-order valence-electron chi connectivity index (χ3n) is 5.36. The highest BCUT2D eigenvalue weighted by Gasteiger charge is 2.39. The zero-order valence-corrected chi connectivity index (χ0v) is 14.4. The van der Waals surface area contributed by atoms with Crippen LogP contribution in [0, 0.1) is 0 Å². The highest BCUT2D eigenvalue weighted by molar-refractivity contribution is 6.02. The van der Waals surface area contributed by atoms with Crippen LogP contribution in [0.1, 0.15) is 68.2 Å². The number of nitrogens with zero attached hydrogens (tertiary/aromatic N) is 4. The predicted molar refractivity (Wildman–Crippen MR) is 93.1 cm³/mol. The topological polar surface area (TPSA) is 103 Å². The Labute approximate surface area is 144 Å². The molecule has 7 heteroatoms. The first kappa shape index (κ1) is 14.9. The maximum absolute atomic E-state index is 10.8. The molecule has 2 aliphatic carbocycles. The SMILES string of the molecule is CC(C)n1c2c(c3c(N)ncnc31)-c1noc(C3CC3)c1C(O)CC2. The van der Waals surface area contributed by atoms with E-state index in [4.69, 9.17) is 10.3 Å². The monoisotopic (exact) mass is 339 g/mol. The molecule has 0 saturated heterocycles. The van der Waals surface area contributed by atoms with Crippen LogP contribution < -0.4 is 5.73 Å². The van der Waals surface area contributed by atoms with Gasteiger partial charge < -0.3 is 19.9 Å². The lowest BCUT2D eigenvalue weighted by Gasteiger charge is -2.14. The van der Waals surface area contributed by atoms with Crippen LogP contribution in [-0.2, 0) is 6.42 Å². The van der Waals surface area contributed by atoms with Crippen molar-refractivity contribution >= 4 is 16.9 Å². The zero-order valence-electron chi connectivity index (χ0n) is 14.4. The molecule has 2 aliphatic rings. The average molecular weight is 339 g/mol. The van der Waals surface area contributed by atoms with Crippen molar-refractivity contribution in [3.05, 3.63) is 23.3 Å². The lowest BCUT2D eigenvalue weighted by Crippen LogP contribution is -2.08. The Morgan fingerprint density at radius 2 is 2.08 bits per heavy atom. The number of hydrogen-bond donors (Lipinski definition) is 2. The van der Waals surface area contributed by atoms with E-state index in [0.29, 0.717) is 23.9 Å². The maximum Gasteiger partial charge on any atom is 0.146 e. The first-order valence-corrected chi connectivity index (χ1v) is 8.89. The van der Waals surface area contributed by atoms with Gasteiger partial charge in [-0.2, -0.15) is 0 Å². The van der Waals surface area contributed by atoms with E-state index >= 15 is 0 Å². The number of nitrogens with two attached hydrogens (primary N) is 1. The molecule has 0 aliphatic heterocycles. The summed E-state index contributed by atoms with van der Waals surface area (Å²) in [4.78, 5) is 8.69. The Morgan fingerprint density at radius 1 is 1.28 bits per heavy atom. The first-order valence-electron chi connectivity index (χ1n) is 8.89. The van der Waals surface area contributed by atoms with E-state index in [1.807, 2.05) is 0 Å². The molecule has 3 aromatic rings. The van der Waals surface area contributed by atoms with E-state index in [0.717, 1.165) is 52.9 Å². The number of hydrogen-bond acceptors (Lipinski definition) is 6. The van der Waals surface area contributed by atoms with E-state index < -0.39 is 6.10 Å². The summed E-state index contributed by atoms with van der Waals surface area (Å²) in [6, 6.07) is 0.217. The highest BCUT2D eigenvalue weighted by Crippen LogP contribution is 2.50. The van der Waals surface area contributed by atoms with Crippen molar-refractivity contribution in [2.24, 2.45) is 0 Å². The molecule has 3 N–H and O–H groups in total. The van der Waals surface area contributed by atoms with Gasteiger partial charge in [0.15, 0.2) is 0 Å². The summed E-state index contributed by atoms with van der Waals surface area (Å²) < 4.78 is 7.87. The molecule has 1 fully saturated rings. The molecule has 25 heavy (non-hydrogen) atoms.